The molecular formula is C23H21N3O2. The minimum absolute atomic E-state index is 0.150. The minimum Gasteiger partial charge on any atom is -0.494 e. The molecule has 0 bridgehead atoms. The van der Waals surface area contributed by atoms with Crippen molar-refractivity contribution in [3.8, 4) is 11.5 Å². The Morgan fingerprint density at radius 3 is 2.71 bits per heavy atom. The maximum Gasteiger partial charge on any atom is 0.215 e. The molecule has 0 unspecified atom stereocenters. The summed E-state index contributed by atoms with van der Waals surface area (Å²) < 4.78 is 11.9. The monoisotopic (exact) mass is 371 g/mol. The van der Waals surface area contributed by atoms with E-state index in [9.17, 15) is 0 Å². The zero-order chi connectivity index (χ0) is 18.9. The van der Waals surface area contributed by atoms with Crippen LogP contribution in [0.5, 0.6) is 11.5 Å². The molecule has 5 nitrogen and oxygen atoms in total. The number of hydrogen-bond acceptors (Lipinski definition) is 5. The summed E-state index contributed by atoms with van der Waals surface area (Å²) in [6.45, 7) is 2.65. The highest BCUT2D eigenvalue weighted by molar-refractivity contribution is 6.02. The minimum atomic E-state index is -0.284. The highest BCUT2D eigenvalue weighted by Gasteiger charge is 2.40. The van der Waals surface area contributed by atoms with Gasteiger partial charge in [-0.25, -0.2) is 5.01 Å². The SMILES string of the molecule is CCOc1ccc(C2=NN3[C@@H](c4cccnc4)Oc4ccccc4[C@@H]3C2)cc1. The first-order valence-electron chi connectivity index (χ1n) is 9.58. The quantitative estimate of drug-likeness (QED) is 0.666. The maximum absolute atomic E-state index is 6.33. The van der Waals surface area contributed by atoms with Gasteiger partial charge >= 0.3 is 0 Å². The Bertz CT molecular complexity index is 1000. The fourth-order valence-electron chi connectivity index (χ4n) is 3.86. The summed E-state index contributed by atoms with van der Waals surface area (Å²) in [5, 5.41) is 7.04. The van der Waals surface area contributed by atoms with Crippen LogP contribution in [0.15, 0.2) is 78.2 Å². The molecule has 2 aromatic carbocycles. The van der Waals surface area contributed by atoms with Gasteiger partial charge in [0.2, 0.25) is 6.23 Å². The number of aromatic nitrogens is 1. The molecule has 2 aliphatic rings. The van der Waals surface area contributed by atoms with Gasteiger partial charge in [-0.1, -0.05) is 24.3 Å². The third-order valence-electron chi connectivity index (χ3n) is 5.17. The third kappa shape index (κ3) is 2.89. The highest BCUT2D eigenvalue weighted by Crippen LogP contribution is 2.47. The Labute approximate surface area is 164 Å². The summed E-state index contributed by atoms with van der Waals surface area (Å²) in [4.78, 5) is 4.27. The second kappa shape index (κ2) is 7.00. The Morgan fingerprint density at radius 2 is 1.93 bits per heavy atom. The molecule has 2 atom stereocenters. The molecule has 0 radical (unpaired) electrons. The number of benzene rings is 2. The number of ether oxygens (including phenoxy) is 2. The van der Waals surface area contributed by atoms with E-state index in [1.165, 1.54) is 5.56 Å². The number of hydrogen-bond donors (Lipinski definition) is 0. The lowest BCUT2D eigenvalue weighted by Crippen LogP contribution is -2.33. The van der Waals surface area contributed by atoms with Crippen molar-refractivity contribution in [1.82, 2.24) is 9.99 Å². The molecule has 3 heterocycles. The van der Waals surface area contributed by atoms with Crippen molar-refractivity contribution in [2.75, 3.05) is 6.61 Å². The highest BCUT2D eigenvalue weighted by atomic mass is 16.5. The summed E-state index contributed by atoms with van der Waals surface area (Å²) >= 11 is 0. The van der Waals surface area contributed by atoms with Crippen LogP contribution in [0.1, 0.15) is 42.3 Å². The van der Waals surface area contributed by atoms with Crippen molar-refractivity contribution in [3.63, 3.8) is 0 Å². The summed E-state index contributed by atoms with van der Waals surface area (Å²) in [6, 6.07) is 20.5. The fourth-order valence-corrected chi connectivity index (χ4v) is 3.86. The van der Waals surface area contributed by atoms with Gasteiger partial charge in [0.1, 0.15) is 11.5 Å². The van der Waals surface area contributed by atoms with Crippen LogP contribution < -0.4 is 9.47 Å². The number of nitrogens with zero attached hydrogens (tertiary/aromatic N) is 3. The van der Waals surface area contributed by atoms with Crippen LogP contribution >= 0.6 is 0 Å². The zero-order valence-electron chi connectivity index (χ0n) is 15.7. The molecule has 1 aromatic heterocycles. The van der Waals surface area contributed by atoms with Crippen LogP contribution in [0, 0.1) is 0 Å². The van der Waals surface area contributed by atoms with Gasteiger partial charge in [-0.15, -0.1) is 0 Å². The molecule has 0 saturated carbocycles. The lowest BCUT2D eigenvalue weighted by atomic mass is 9.96. The zero-order valence-corrected chi connectivity index (χ0v) is 15.7. The van der Waals surface area contributed by atoms with Crippen LogP contribution in [-0.4, -0.2) is 22.3 Å². The Kier molecular flexibility index (Phi) is 4.20. The van der Waals surface area contributed by atoms with E-state index < -0.39 is 0 Å². The lowest BCUT2D eigenvalue weighted by molar-refractivity contribution is -0.0192. The van der Waals surface area contributed by atoms with Gasteiger partial charge < -0.3 is 9.47 Å². The van der Waals surface area contributed by atoms with Crippen LogP contribution in [0.3, 0.4) is 0 Å². The van der Waals surface area contributed by atoms with Gasteiger partial charge in [0.25, 0.3) is 0 Å². The lowest BCUT2D eigenvalue weighted by Gasteiger charge is -2.38. The number of pyridine rings is 1. The summed E-state index contributed by atoms with van der Waals surface area (Å²) in [6.07, 6.45) is 4.18. The molecule has 0 amide bonds. The molecule has 0 N–H and O–H groups in total. The molecule has 0 saturated heterocycles. The molecule has 5 heteroatoms. The standard InChI is InChI=1S/C23H21N3O2/c1-2-27-18-11-9-16(10-12-18)20-14-21-19-7-3-4-8-22(19)28-23(26(21)25-20)17-6-5-13-24-15-17/h3-13,15,21,23H,2,14H2,1H3/t21-,23+/m0/s1. The predicted molar refractivity (Wildman–Crippen MR) is 107 cm³/mol. The van der Waals surface area contributed by atoms with Gasteiger partial charge in [-0.05, 0) is 48.9 Å². The van der Waals surface area contributed by atoms with Crippen molar-refractivity contribution < 1.29 is 9.47 Å². The molecule has 28 heavy (non-hydrogen) atoms. The van der Waals surface area contributed by atoms with E-state index in [0.29, 0.717) is 6.61 Å². The molecule has 0 fully saturated rings. The average Bonchev–Trinajstić information content (AvgIpc) is 3.20. The Balaban J connectivity index is 1.53. The molecule has 5 rings (SSSR count). The van der Waals surface area contributed by atoms with Gasteiger partial charge in [-0.2, -0.15) is 5.10 Å². The molecule has 0 aliphatic carbocycles. The van der Waals surface area contributed by atoms with E-state index in [1.807, 2.05) is 49.5 Å². The fraction of sp³-hybridized carbons (Fsp3) is 0.217. The Hall–Kier alpha value is -3.34. The van der Waals surface area contributed by atoms with Crippen LogP contribution in [0.25, 0.3) is 0 Å². The maximum atomic E-state index is 6.33. The molecule has 2 aliphatic heterocycles. The van der Waals surface area contributed by atoms with Crippen molar-refractivity contribution in [1.29, 1.82) is 0 Å². The summed E-state index contributed by atoms with van der Waals surface area (Å²) in [7, 11) is 0. The smallest absolute Gasteiger partial charge is 0.215 e. The van der Waals surface area contributed by atoms with Gasteiger partial charge in [0.15, 0.2) is 0 Å². The van der Waals surface area contributed by atoms with Gasteiger partial charge in [0, 0.05) is 29.9 Å². The first-order chi connectivity index (χ1) is 13.8. The number of para-hydroxylation sites is 1. The summed E-state index contributed by atoms with van der Waals surface area (Å²) in [5.74, 6) is 1.80. The number of hydrazone groups is 1. The second-order valence-electron chi connectivity index (χ2n) is 6.90. The topological polar surface area (TPSA) is 47.0 Å². The Morgan fingerprint density at radius 1 is 1.07 bits per heavy atom. The van der Waals surface area contributed by atoms with E-state index in [-0.39, 0.29) is 12.3 Å². The largest absolute Gasteiger partial charge is 0.494 e. The summed E-state index contributed by atoms with van der Waals surface area (Å²) in [5.41, 5.74) is 4.34. The third-order valence-corrected chi connectivity index (χ3v) is 5.17. The number of fused-ring (bicyclic) bond motifs is 3. The van der Waals surface area contributed by atoms with Gasteiger partial charge in [-0.3, -0.25) is 4.98 Å². The van der Waals surface area contributed by atoms with E-state index in [4.69, 9.17) is 14.6 Å². The molecule has 0 spiro atoms. The van der Waals surface area contributed by atoms with Crippen molar-refractivity contribution in [2.45, 2.75) is 25.6 Å². The van der Waals surface area contributed by atoms with Gasteiger partial charge in [0.05, 0.1) is 18.4 Å². The average molecular weight is 371 g/mol. The molecule has 3 aromatic rings. The van der Waals surface area contributed by atoms with E-state index in [1.54, 1.807) is 6.20 Å². The van der Waals surface area contributed by atoms with Crippen molar-refractivity contribution in [2.24, 2.45) is 5.10 Å². The predicted octanol–water partition coefficient (Wildman–Crippen LogP) is 4.72. The molecule has 140 valence electrons. The van der Waals surface area contributed by atoms with E-state index in [0.717, 1.165) is 34.8 Å². The van der Waals surface area contributed by atoms with E-state index >= 15 is 0 Å². The second-order valence-corrected chi connectivity index (χ2v) is 6.90. The van der Waals surface area contributed by atoms with Crippen LogP contribution in [0.4, 0.5) is 0 Å². The van der Waals surface area contributed by atoms with Crippen LogP contribution in [-0.2, 0) is 0 Å². The number of rotatable bonds is 4. The van der Waals surface area contributed by atoms with E-state index in [2.05, 4.69) is 34.3 Å². The van der Waals surface area contributed by atoms with Crippen molar-refractivity contribution in [3.05, 3.63) is 89.7 Å². The first kappa shape index (κ1) is 16.8. The van der Waals surface area contributed by atoms with Crippen LogP contribution in [0.2, 0.25) is 0 Å². The van der Waals surface area contributed by atoms with Crippen molar-refractivity contribution >= 4 is 5.71 Å². The normalized spacial score (nSPS) is 20.0. The molecular weight excluding hydrogens is 350 g/mol. The first-order valence-corrected chi connectivity index (χ1v) is 9.58.